The molecule has 0 aromatic carbocycles. The van der Waals surface area contributed by atoms with Crippen molar-refractivity contribution in [1.82, 2.24) is 9.80 Å². The summed E-state index contributed by atoms with van der Waals surface area (Å²) in [6.07, 6.45) is 0.881. The van der Waals surface area contributed by atoms with Gasteiger partial charge in [0.2, 0.25) is 11.8 Å². The van der Waals surface area contributed by atoms with Gasteiger partial charge < -0.3 is 26.4 Å². The van der Waals surface area contributed by atoms with Gasteiger partial charge in [0.15, 0.2) is 0 Å². The van der Waals surface area contributed by atoms with Crippen LogP contribution in [0.4, 0.5) is 4.79 Å². The van der Waals surface area contributed by atoms with Gasteiger partial charge in [0, 0.05) is 6.54 Å². The number of rotatable bonds is 5. The van der Waals surface area contributed by atoms with Crippen molar-refractivity contribution in [1.29, 1.82) is 0 Å². The number of amides is 4. The molecule has 1 saturated heterocycles. The summed E-state index contributed by atoms with van der Waals surface area (Å²) in [5, 5.41) is 8.98. The molecule has 0 aromatic heterocycles. The van der Waals surface area contributed by atoms with Gasteiger partial charge in [0.1, 0.15) is 19.1 Å². The zero-order valence-electron chi connectivity index (χ0n) is 10.2. The molecule has 0 bridgehead atoms. The van der Waals surface area contributed by atoms with Crippen molar-refractivity contribution < 1.29 is 24.3 Å². The van der Waals surface area contributed by atoms with Crippen molar-refractivity contribution in [3.63, 3.8) is 0 Å². The predicted octanol–water partition coefficient (Wildman–Crippen LogP) is -2.07. The van der Waals surface area contributed by atoms with E-state index in [1.807, 2.05) is 0 Å². The Balaban J connectivity index is 2.82. The summed E-state index contributed by atoms with van der Waals surface area (Å²) in [6.45, 7) is -0.709. The molecule has 1 atom stereocenters. The second-order valence-electron chi connectivity index (χ2n) is 4.26. The van der Waals surface area contributed by atoms with Gasteiger partial charge in [-0.05, 0) is 12.8 Å². The van der Waals surface area contributed by atoms with Crippen LogP contribution < -0.4 is 11.5 Å². The van der Waals surface area contributed by atoms with E-state index in [1.165, 1.54) is 0 Å². The van der Waals surface area contributed by atoms with Crippen molar-refractivity contribution in [2.45, 2.75) is 18.9 Å². The summed E-state index contributed by atoms with van der Waals surface area (Å²) in [5.74, 6) is -2.73. The van der Waals surface area contributed by atoms with E-state index in [0.29, 0.717) is 12.8 Å². The van der Waals surface area contributed by atoms with Gasteiger partial charge in [-0.15, -0.1) is 0 Å². The maximum absolute atomic E-state index is 12.1. The van der Waals surface area contributed by atoms with Crippen LogP contribution in [0, 0.1) is 0 Å². The highest BCUT2D eigenvalue weighted by Gasteiger charge is 2.36. The summed E-state index contributed by atoms with van der Waals surface area (Å²) >= 11 is 0. The lowest BCUT2D eigenvalue weighted by molar-refractivity contribution is -0.141. The molecule has 1 aliphatic heterocycles. The average Bonchev–Trinajstić information content (AvgIpc) is 2.74. The van der Waals surface area contributed by atoms with Gasteiger partial charge in [-0.25, -0.2) is 9.59 Å². The molecule has 9 nitrogen and oxygen atoms in total. The van der Waals surface area contributed by atoms with Crippen molar-refractivity contribution >= 4 is 23.8 Å². The number of hydrogen-bond donors (Lipinski definition) is 3. The lowest BCUT2D eigenvalue weighted by Gasteiger charge is -2.28. The summed E-state index contributed by atoms with van der Waals surface area (Å²) in [4.78, 5) is 46.8. The third-order valence-corrected chi connectivity index (χ3v) is 2.75. The zero-order chi connectivity index (χ0) is 14.6. The van der Waals surface area contributed by atoms with Crippen molar-refractivity contribution in [3.05, 3.63) is 0 Å². The number of carboxylic acids is 1. The number of nitrogens with two attached hydrogens (primary N) is 2. The molecule has 5 N–H and O–H groups in total. The van der Waals surface area contributed by atoms with Gasteiger partial charge in [-0.2, -0.15) is 0 Å². The summed E-state index contributed by atoms with van der Waals surface area (Å²) < 4.78 is 0. The first-order valence-corrected chi connectivity index (χ1v) is 5.68. The highest BCUT2D eigenvalue weighted by Crippen LogP contribution is 2.19. The van der Waals surface area contributed by atoms with Crippen LogP contribution in [0.1, 0.15) is 12.8 Å². The number of hydrogen-bond acceptors (Lipinski definition) is 4. The molecular formula is C10H16N4O5. The van der Waals surface area contributed by atoms with Gasteiger partial charge in [-0.3, -0.25) is 9.59 Å². The molecule has 1 rings (SSSR count). The van der Waals surface area contributed by atoms with Crippen LogP contribution in [0.15, 0.2) is 0 Å². The first kappa shape index (κ1) is 14.7. The number of primary amides is 2. The standard InChI is InChI=1S/C10H16N4O5/c11-7(15)4-13(5-8(12)16)10(19)14-3-1-2-6(14)9(17)18/h6H,1-5H2,(H2,11,15)(H2,12,16)(H,17,18)/t6-/m0/s1. The van der Waals surface area contributed by atoms with E-state index in [1.54, 1.807) is 0 Å². The first-order chi connectivity index (χ1) is 8.82. The maximum Gasteiger partial charge on any atom is 0.326 e. The smallest absolute Gasteiger partial charge is 0.326 e. The van der Waals surface area contributed by atoms with Crippen LogP contribution in [-0.4, -0.2) is 64.4 Å². The quantitative estimate of drug-likeness (QED) is 0.526. The largest absolute Gasteiger partial charge is 0.480 e. The highest BCUT2D eigenvalue weighted by atomic mass is 16.4. The maximum atomic E-state index is 12.1. The van der Waals surface area contributed by atoms with E-state index in [-0.39, 0.29) is 6.54 Å². The molecular weight excluding hydrogens is 256 g/mol. The Labute approximate surface area is 109 Å². The van der Waals surface area contributed by atoms with Gasteiger partial charge in [0.25, 0.3) is 0 Å². The number of carbonyl (C=O) groups excluding carboxylic acids is 3. The Morgan fingerprint density at radius 2 is 1.68 bits per heavy atom. The third-order valence-electron chi connectivity index (χ3n) is 2.75. The lowest BCUT2D eigenvalue weighted by atomic mass is 10.2. The van der Waals surface area contributed by atoms with E-state index < -0.39 is 42.9 Å². The van der Waals surface area contributed by atoms with Gasteiger partial charge >= 0.3 is 12.0 Å². The van der Waals surface area contributed by atoms with Crippen molar-refractivity contribution in [3.8, 4) is 0 Å². The van der Waals surface area contributed by atoms with E-state index in [4.69, 9.17) is 16.6 Å². The van der Waals surface area contributed by atoms with Crippen LogP contribution >= 0.6 is 0 Å². The molecule has 0 unspecified atom stereocenters. The van der Waals surface area contributed by atoms with Gasteiger partial charge in [0.05, 0.1) is 0 Å². The molecule has 106 valence electrons. The average molecular weight is 272 g/mol. The van der Waals surface area contributed by atoms with E-state index >= 15 is 0 Å². The van der Waals surface area contributed by atoms with Crippen molar-refractivity contribution in [2.75, 3.05) is 19.6 Å². The monoisotopic (exact) mass is 272 g/mol. The fraction of sp³-hybridized carbons (Fsp3) is 0.600. The van der Waals surface area contributed by atoms with E-state index in [0.717, 1.165) is 9.80 Å². The number of carbonyl (C=O) groups is 4. The van der Waals surface area contributed by atoms with Gasteiger partial charge in [-0.1, -0.05) is 0 Å². The molecule has 0 aromatic rings. The normalized spacial score (nSPS) is 18.1. The second kappa shape index (κ2) is 6.03. The second-order valence-corrected chi connectivity index (χ2v) is 4.26. The topological polar surface area (TPSA) is 147 Å². The van der Waals surface area contributed by atoms with Crippen LogP contribution in [0.25, 0.3) is 0 Å². The number of aliphatic carboxylic acids is 1. The van der Waals surface area contributed by atoms with Crippen LogP contribution in [0.3, 0.4) is 0 Å². The first-order valence-electron chi connectivity index (χ1n) is 5.68. The number of likely N-dealkylation sites (tertiary alicyclic amines) is 1. The van der Waals surface area contributed by atoms with E-state index in [9.17, 15) is 19.2 Å². The molecule has 19 heavy (non-hydrogen) atoms. The van der Waals surface area contributed by atoms with Crippen LogP contribution in [0.5, 0.6) is 0 Å². The molecule has 1 aliphatic rings. The number of carboxylic acid groups (broad SMARTS) is 1. The third kappa shape index (κ3) is 3.83. The summed E-state index contributed by atoms with van der Waals surface area (Å²) in [6, 6.07) is -1.67. The Bertz CT molecular complexity index is 395. The summed E-state index contributed by atoms with van der Waals surface area (Å²) in [7, 11) is 0. The minimum Gasteiger partial charge on any atom is -0.480 e. The molecule has 9 heteroatoms. The molecule has 1 fully saturated rings. The zero-order valence-corrected chi connectivity index (χ0v) is 10.2. The molecule has 0 saturated carbocycles. The Kier molecular flexibility index (Phi) is 4.67. The minimum absolute atomic E-state index is 0.254. The fourth-order valence-electron chi connectivity index (χ4n) is 2.00. The SMILES string of the molecule is NC(=O)CN(CC(N)=O)C(=O)N1CCC[C@H]1C(=O)O. The minimum atomic E-state index is -1.12. The Morgan fingerprint density at radius 3 is 2.11 bits per heavy atom. The van der Waals surface area contributed by atoms with Crippen LogP contribution in [0.2, 0.25) is 0 Å². The number of nitrogens with zero attached hydrogens (tertiary/aromatic N) is 2. The predicted molar refractivity (Wildman–Crippen MR) is 62.7 cm³/mol. The highest BCUT2D eigenvalue weighted by molar-refractivity contribution is 5.89. The molecule has 0 radical (unpaired) electrons. The Morgan fingerprint density at radius 1 is 1.16 bits per heavy atom. The van der Waals surface area contributed by atoms with E-state index in [2.05, 4.69) is 0 Å². The van der Waals surface area contributed by atoms with Crippen LogP contribution in [-0.2, 0) is 14.4 Å². The fourth-order valence-corrected chi connectivity index (χ4v) is 2.00. The summed E-state index contributed by atoms with van der Waals surface area (Å²) in [5.41, 5.74) is 9.96. The molecule has 4 amide bonds. The van der Waals surface area contributed by atoms with Crippen molar-refractivity contribution in [2.24, 2.45) is 11.5 Å². The molecule has 0 spiro atoms. The molecule has 1 heterocycles. The lowest BCUT2D eigenvalue weighted by Crippen LogP contribution is -2.52. The molecule has 0 aliphatic carbocycles. The number of urea groups is 1. The Hall–Kier alpha value is -2.32.